The summed E-state index contributed by atoms with van der Waals surface area (Å²) in [5, 5.41) is 11.5. The summed E-state index contributed by atoms with van der Waals surface area (Å²) in [6, 6.07) is 11.9. The topological polar surface area (TPSA) is 79.7 Å². The van der Waals surface area contributed by atoms with Crippen LogP contribution in [0, 0.1) is 11.3 Å². The Kier molecular flexibility index (Phi) is 8.06. The van der Waals surface area contributed by atoms with E-state index >= 15 is 0 Å². The molecule has 0 aromatic heterocycles. The van der Waals surface area contributed by atoms with Crippen molar-refractivity contribution < 1.29 is 9.59 Å². The largest absolute Gasteiger partial charge is 0.351 e. The number of benzene rings is 1. The average molecular weight is 357 g/mol. The van der Waals surface area contributed by atoms with Gasteiger partial charge in [0, 0.05) is 46.3 Å². The second-order valence-electron chi connectivity index (χ2n) is 6.54. The summed E-state index contributed by atoms with van der Waals surface area (Å²) in [5.74, 6) is 0.0592. The summed E-state index contributed by atoms with van der Waals surface area (Å²) in [6.45, 7) is 4.85. The maximum Gasteiger partial charge on any atom is 0.236 e. The highest BCUT2D eigenvalue weighted by molar-refractivity contribution is 5.78. The number of nitriles is 1. The van der Waals surface area contributed by atoms with Gasteiger partial charge in [-0.05, 0) is 5.56 Å². The van der Waals surface area contributed by atoms with Gasteiger partial charge >= 0.3 is 0 Å². The highest BCUT2D eigenvalue weighted by Gasteiger charge is 2.21. The molecule has 7 heteroatoms. The predicted octanol–water partition coefficient (Wildman–Crippen LogP) is 0.292. The van der Waals surface area contributed by atoms with Crippen molar-refractivity contribution in [3.05, 3.63) is 35.9 Å². The van der Waals surface area contributed by atoms with Crippen LogP contribution in [0.5, 0.6) is 0 Å². The minimum absolute atomic E-state index is 0.0228. The fourth-order valence-corrected chi connectivity index (χ4v) is 2.82. The summed E-state index contributed by atoms with van der Waals surface area (Å²) in [5.41, 5.74) is 1.09. The molecule has 2 rings (SSSR count). The molecule has 1 fully saturated rings. The van der Waals surface area contributed by atoms with Crippen molar-refractivity contribution in [1.29, 1.82) is 5.26 Å². The summed E-state index contributed by atoms with van der Waals surface area (Å²) >= 11 is 0. The van der Waals surface area contributed by atoms with Crippen LogP contribution in [0.15, 0.2) is 30.3 Å². The Hall–Kier alpha value is -2.43. The molecule has 0 atom stereocenters. The van der Waals surface area contributed by atoms with Gasteiger partial charge in [0.2, 0.25) is 11.8 Å². The molecule has 0 unspecified atom stereocenters. The van der Waals surface area contributed by atoms with E-state index in [0.717, 1.165) is 31.7 Å². The second-order valence-corrected chi connectivity index (χ2v) is 6.54. The van der Waals surface area contributed by atoms with Crippen LogP contribution in [0.4, 0.5) is 0 Å². The van der Waals surface area contributed by atoms with E-state index in [1.54, 1.807) is 11.9 Å². The first-order valence-electron chi connectivity index (χ1n) is 8.94. The Morgan fingerprint density at radius 3 is 2.35 bits per heavy atom. The van der Waals surface area contributed by atoms with Gasteiger partial charge < -0.3 is 10.2 Å². The number of nitrogens with one attached hydrogen (secondary N) is 1. The van der Waals surface area contributed by atoms with Gasteiger partial charge in [-0.1, -0.05) is 30.3 Å². The van der Waals surface area contributed by atoms with Gasteiger partial charge in [-0.3, -0.25) is 19.4 Å². The van der Waals surface area contributed by atoms with Crippen molar-refractivity contribution >= 4 is 11.8 Å². The van der Waals surface area contributed by atoms with E-state index in [2.05, 4.69) is 15.1 Å². The number of carbonyl (C=O) groups is 2. The molecule has 1 saturated heterocycles. The SMILES string of the molecule is CN(CCC#N)C(=O)CN1CCN(CC(=O)NCc2ccccc2)CC1. The molecule has 26 heavy (non-hydrogen) atoms. The molecule has 140 valence electrons. The number of likely N-dealkylation sites (N-methyl/N-ethyl adjacent to an activating group) is 1. The molecule has 1 aromatic rings. The predicted molar refractivity (Wildman–Crippen MR) is 99.0 cm³/mol. The quantitative estimate of drug-likeness (QED) is 0.724. The summed E-state index contributed by atoms with van der Waals surface area (Å²) < 4.78 is 0. The van der Waals surface area contributed by atoms with E-state index in [1.165, 1.54) is 0 Å². The summed E-state index contributed by atoms with van der Waals surface area (Å²) in [6.07, 6.45) is 0.355. The maximum atomic E-state index is 12.1. The van der Waals surface area contributed by atoms with E-state index in [9.17, 15) is 9.59 Å². The average Bonchev–Trinajstić information content (AvgIpc) is 2.66. The van der Waals surface area contributed by atoms with Crippen molar-refractivity contribution in [3.63, 3.8) is 0 Å². The number of piperazine rings is 1. The van der Waals surface area contributed by atoms with Gasteiger partial charge in [-0.15, -0.1) is 0 Å². The van der Waals surface area contributed by atoms with Crippen LogP contribution in [0.1, 0.15) is 12.0 Å². The Labute approximate surface area is 155 Å². The van der Waals surface area contributed by atoms with Crippen LogP contribution in [0.25, 0.3) is 0 Å². The highest BCUT2D eigenvalue weighted by Crippen LogP contribution is 2.03. The van der Waals surface area contributed by atoms with Crippen molar-refractivity contribution in [2.75, 3.05) is 52.9 Å². The Bertz CT molecular complexity index is 621. The van der Waals surface area contributed by atoms with Crippen LogP contribution >= 0.6 is 0 Å². The Balaban J connectivity index is 1.64. The Morgan fingerprint density at radius 2 is 1.73 bits per heavy atom. The third-order valence-corrected chi connectivity index (χ3v) is 4.51. The molecule has 1 aliphatic rings. The first-order valence-corrected chi connectivity index (χ1v) is 8.94. The monoisotopic (exact) mass is 357 g/mol. The number of hydrogen-bond donors (Lipinski definition) is 1. The molecule has 0 radical (unpaired) electrons. The lowest BCUT2D eigenvalue weighted by Gasteiger charge is -2.34. The standard InChI is InChI=1S/C19H27N5O2/c1-22(9-5-8-20)19(26)16-24-12-10-23(11-13-24)15-18(25)21-14-17-6-3-2-4-7-17/h2-4,6-7H,5,9-16H2,1H3,(H,21,25). The lowest BCUT2D eigenvalue weighted by molar-refractivity contribution is -0.132. The van der Waals surface area contributed by atoms with Crippen molar-refractivity contribution in [2.24, 2.45) is 0 Å². The maximum absolute atomic E-state index is 12.1. The first kappa shape index (κ1) is 19.9. The van der Waals surface area contributed by atoms with Crippen molar-refractivity contribution in [3.8, 4) is 6.07 Å². The first-order chi connectivity index (χ1) is 12.6. The molecule has 2 amide bonds. The molecule has 0 saturated carbocycles. The zero-order valence-electron chi connectivity index (χ0n) is 15.4. The van der Waals surface area contributed by atoms with Gasteiger partial charge in [0.15, 0.2) is 0 Å². The molecule has 1 aliphatic heterocycles. The minimum atomic E-state index is 0.0228. The number of amides is 2. The van der Waals surface area contributed by atoms with Crippen molar-refractivity contribution in [2.45, 2.75) is 13.0 Å². The highest BCUT2D eigenvalue weighted by atomic mass is 16.2. The molecule has 7 nitrogen and oxygen atoms in total. The van der Waals surface area contributed by atoms with Gasteiger partial charge in [0.1, 0.15) is 0 Å². The van der Waals surface area contributed by atoms with E-state index in [0.29, 0.717) is 32.6 Å². The second kappa shape index (κ2) is 10.5. The fraction of sp³-hybridized carbons (Fsp3) is 0.526. The summed E-state index contributed by atoms with van der Waals surface area (Å²) in [7, 11) is 1.73. The Morgan fingerprint density at radius 1 is 1.12 bits per heavy atom. The molecule has 0 bridgehead atoms. The third-order valence-electron chi connectivity index (χ3n) is 4.51. The molecule has 1 heterocycles. The molecular formula is C19H27N5O2. The van der Waals surface area contributed by atoms with Gasteiger partial charge in [-0.2, -0.15) is 5.26 Å². The zero-order chi connectivity index (χ0) is 18.8. The van der Waals surface area contributed by atoms with Gasteiger partial charge in [0.25, 0.3) is 0 Å². The van der Waals surface area contributed by atoms with E-state index in [-0.39, 0.29) is 11.8 Å². The molecule has 1 aromatic carbocycles. The van der Waals surface area contributed by atoms with E-state index in [4.69, 9.17) is 5.26 Å². The van der Waals surface area contributed by atoms with Crippen LogP contribution in [0.2, 0.25) is 0 Å². The number of nitrogens with zero attached hydrogens (tertiary/aromatic N) is 4. The van der Waals surface area contributed by atoms with Gasteiger partial charge in [-0.25, -0.2) is 0 Å². The van der Waals surface area contributed by atoms with Gasteiger partial charge in [0.05, 0.1) is 25.6 Å². The molecule has 0 spiro atoms. The van der Waals surface area contributed by atoms with Crippen LogP contribution in [-0.2, 0) is 16.1 Å². The number of hydrogen-bond acceptors (Lipinski definition) is 5. The van der Waals surface area contributed by atoms with Crippen LogP contribution in [-0.4, -0.2) is 79.4 Å². The van der Waals surface area contributed by atoms with E-state index < -0.39 is 0 Å². The summed E-state index contributed by atoms with van der Waals surface area (Å²) in [4.78, 5) is 30.0. The lowest BCUT2D eigenvalue weighted by atomic mass is 10.2. The molecular weight excluding hydrogens is 330 g/mol. The lowest BCUT2D eigenvalue weighted by Crippen LogP contribution is -2.51. The molecule has 0 aliphatic carbocycles. The van der Waals surface area contributed by atoms with Crippen LogP contribution in [0.3, 0.4) is 0 Å². The third kappa shape index (κ3) is 6.82. The van der Waals surface area contributed by atoms with E-state index in [1.807, 2.05) is 36.4 Å². The molecule has 1 N–H and O–H groups in total. The van der Waals surface area contributed by atoms with Crippen LogP contribution < -0.4 is 5.32 Å². The zero-order valence-corrected chi connectivity index (χ0v) is 15.4. The number of rotatable bonds is 8. The normalized spacial score (nSPS) is 15.2. The number of carbonyl (C=O) groups excluding carboxylic acids is 2. The fourth-order valence-electron chi connectivity index (χ4n) is 2.82. The van der Waals surface area contributed by atoms with Crippen molar-refractivity contribution in [1.82, 2.24) is 20.0 Å². The smallest absolute Gasteiger partial charge is 0.236 e. The minimum Gasteiger partial charge on any atom is -0.351 e.